The normalized spacial score (nSPS) is 19.2. The van der Waals surface area contributed by atoms with Crippen LogP contribution in [-0.4, -0.2) is 40.6 Å². The smallest absolute Gasteiger partial charge is 0.396 e. The molecule has 0 spiro atoms. The quantitative estimate of drug-likeness (QED) is 0.784. The first kappa shape index (κ1) is 19.8. The molecule has 0 radical (unpaired) electrons. The molecule has 2 aliphatic rings. The van der Waals surface area contributed by atoms with Crippen LogP contribution in [0, 0.1) is 11.7 Å². The van der Waals surface area contributed by atoms with E-state index in [2.05, 4.69) is 4.98 Å². The van der Waals surface area contributed by atoms with Gasteiger partial charge in [0.05, 0.1) is 5.56 Å². The fourth-order valence-electron chi connectivity index (χ4n) is 4.19. The van der Waals surface area contributed by atoms with Crippen LogP contribution in [0.25, 0.3) is 11.1 Å². The fourth-order valence-corrected chi connectivity index (χ4v) is 4.19. The molecule has 29 heavy (non-hydrogen) atoms. The molecule has 4 rings (SSSR count). The zero-order valence-electron chi connectivity index (χ0n) is 15.5. The minimum Gasteiger partial charge on any atom is -0.396 e. The lowest BCUT2D eigenvalue weighted by atomic mass is 9.93. The third-order valence-corrected chi connectivity index (χ3v) is 5.85. The van der Waals surface area contributed by atoms with E-state index in [-0.39, 0.29) is 29.9 Å². The molecule has 1 unspecified atom stereocenters. The fraction of sp³-hybridized carbons (Fsp3) is 0.429. The standard InChI is InChI=1S/C21H20F4N2O2/c22-19-6-14(21(23,24)25)2-4-16(19)18-8-26-7-17-13(1-3-15(17)18)5-20(29)27-9-12(10-27)11-28/h2,4,6-8,12-13,28H,1,3,5,9-11H2. The van der Waals surface area contributed by atoms with Gasteiger partial charge in [0.15, 0.2) is 0 Å². The van der Waals surface area contributed by atoms with Crippen molar-refractivity contribution in [3.05, 3.63) is 53.1 Å². The lowest BCUT2D eigenvalue weighted by Gasteiger charge is -2.38. The Bertz CT molecular complexity index is 939. The molecule has 1 aliphatic carbocycles. The number of halogens is 4. The minimum absolute atomic E-state index is 0.0127. The summed E-state index contributed by atoms with van der Waals surface area (Å²) in [4.78, 5) is 18.3. The second-order valence-corrected chi connectivity index (χ2v) is 7.73. The van der Waals surface area contributed by atoms with Gasteiger partial charge in [0, 0.05) is 55.6 Å². The highest BCUT2D eigenvalue weighted by atomic mass is 19.4. The second kappa shape index (κ2) is 7.40. The molecule has 1 N–H and O–H groups in total. The summed E-state index contributed by atoms with van der Waals surface area (Å²) >= 11 is 0. The number of likely N-dealkylation sites (tertiary alicyclic amines) is 1. The van der Waals surface area contributed by atoms with Crippen molar-refractivity contribution in [2.45, 2.75) is 31.4 Å². The van der Waals surface area contributed by atoms with Crippen LogP contribution in [0.5, 0.6) is 0 Å². The molecule has 0 bridgehead atoms. The number of benzene rings is 1. The summed E-state index contributed by atoms with van der Waals surface area (Å²) in [6, 6.07) is 2.52. The van der Waals surface area contributed by atoms with E-state index in [1.165, 1.54) is 6.20 Å². The van der Waals surface area contributed by atoms with Crippen molar-refractivity contribution in [2.75, 3.05) is 19.7 Å². The number of aliphatic hydroxyl groups is 1. The number of amides is 1. The average Bonchev–Trinajstić information content (AvgIpc) is 3.03. The molecule has 4 nitrogen and oxygen atoms in total. The third-order valence-electron chi connectivity index (χ3n) is 5.85. The highest BCUT2D eigenvalue weighted by Gasteiger charge is 2.35. The zero-order valence-corrected chi connectivity index (χ0v) is 15.5. The maximum absolute atomic E-state index is 14.5. The molecular weight excluding hydrogens is 388 g/mol. The van der Waals surface area contributed by atoms with Crippen LogP contribution in [0.1, 0.15) is 35.4 Å². The van der Waals surface area contributed by atoms with Gasteiger partial charge >= 0.3 is 6.18 Å². The Morgan fingerprint density at radius 2 is 1.97 bits per heavy atom. The van der Waals surface area contributed by atoms with Crippen molar-refractivity contribution < 1.29 is 27.5 Å². The van der Waals surface area contributed by atoms with E-state index in [1.807, 2.05) is 0 Å². The Morgan fingerprint density at radius 1 is 1.21 bits per heavy atom. The number of hydrogen-bond donors (Lipinski definition) is 1. The predicted molar refractivity (Wildman–Crippen MR) is 97.5 cm³/mol. The van der Waals surface area contributed by atoms with Crippen molar-refractivity contribution in [3.63, 3.8) is 0 Å². The van der Waals surface area contributed by atoms with E-state index in [9.17, 15) is 22.4 Å². The van der Waals surface area contributed by atoms with Gasteiger partial charge < -0.3 is 10.0 Å². The van der Waals surface area contributed by atoms with E-state index in [0.29, 0.717) is 44.0 Å². The molecule has 2 aromatic rings. The molecule has 0 saturated carbocycles. The van der Waals surface area contributed by atoms with Gasteiger partial charge in [-0.2, -0.15) is 13.2 Å². The highest BCUT2D eigenvalue weighted by molar-refractivity contribution is 5.79. The molecule has 1 atom stereocenters. The molecule has 8 heteroatoms. The molecule has 1 amide bonds. The first-order valence-corrected chi connectivity index (χ1v) is 9.50. The van der Waals surface area contributed by atoms with Crippen molar-refractivity contribution in [2.24, 2.45) is 5.92 Å². The van der Waals surface area contributed by atoms with Gasteiger partial charge in [-0.15, -0.1) is 0 Å². The first-order valence-electron chi connectivity index (χ1n) is 9.50. The van der Waals surface area contributed by atoms with Crippen molar-refractivity contribution in [1.29, 1.82) is 0 Å². The molecule has 1 aliphatic heterocycles. The SMILES string of the molecule is O=C(CC1CCc2c(-c3ccc(C(F)(F)F)cc3F)cncc21)N1CC(CO)C1. The number of aliphatic hydroxyl groups excluding tert-OH is 1. The molecule has 1 aromatic carbocycles. The summed E-state index contributed by atoms with van der Waals surface area (Å²) in [7, 11) is 0. The molecule has 1 fully saturated rings. The van der Waals surface area contributed by atoms with Crippen molar-refractivity contribution in [3.8, 4) is 11.1 Å². The predicted octanol–water partition coefficient (Wildman–Crippen LogP) is 3.78. The monoisotopic (exact) mass is 408 g/mol. The van der Waals surface area contributed by atoms with Crippen LogP contribution in [0.4, 0.5) is 17.6 Å². The van der Waals surface area contributed by atoms with Crippen LogP contribution >= 0.6 is 0 Å². The van der Waals surface area contributed by atoms with E-state index < -0.39 is 17.6 Å². The summed E-state index contributed by atoms with van der Waals surface area (Å²) < 4.78 is 52.9. The number of aromatic nitrogens is 1. The number of pyridine rings is 1. The summed E-state index contributed by atoms with van der Waals surface area (Å²) in [5.74, 6) is -0.829. The minimum atomic E-state index is -4.60. The Labute approximate surface area is 165 Å². The van der Waals surface area contributed by atoms with Gasteiger partial charge in [0.1, 0.15) is 5.82 Å². The van der Waals surface area contributed by atoms with Gasteiger partial charge in [0.2, 0.25) is 5.91 Å². The van der Waals surface area contributed by atoms with E-state index >= 15 is 0 Å². The number of rotatable bonds is 4. The van der Waals surface area contributed by atoms with Crippen LogP contribution in [-0.2, 0) is 17.4 Å². The lowest BCUT2D eigenvalue weighted by molar-refractivity contribution is -0.139. The van der Waals surface area contributed by atoms with E-state index in [1.54, 1.807) is 11.1 Å². The summed E-state index contributed by atoms with van der Waals surface area (Å²) in [5.41, 5.74) is 1.23. The largest absolute Gasteiger partial charge is 0.416 e. The second-order valence-electron chi connectivity index (χ2n) is 7.73. The number of fused-ring (bicyclic) bond motifs is 1. The Balaban J connectivity index is 1.56. The molecule has 1 saturated heterocycles. The van der Waals surface area contributed by atoms with Gasteiger partial charge in [-0.25, -0.2) is 4.39 Å². The van der Waals surface area contributed by atoms with E-state index in [4.69, 9.17) is 5.11 Å². The molecular formula is C21H20F4N2O2. The third kappa shape index (κ3) is 3.73. The Kier molecular flexibility index (Phi) is 5.06. The van der Waals surface area contributed by atoms with Crippen molar-refractivity contribution >= 4 is 5.91 Å². The molecule has 2 heterocycles. The van der Waals surface area contributed by atoms with E-state index in [0.717, 1.165) is 23.3 Å². The van der Waals surface area contributed by atoms with Crippen molar-refractivity contribution in [1.82, 2.24) is 9.88 Å². The van der Waals surface area contributed by atoms with Crippen LogP contribution < -0.4 is 0 Å². The van der Waals surface area contributed by atoms with Crippen LogP contribution in [0.2, 0.25) is 0 Å². The summed E-state index contributed by atoms with van der Waals surface area (Å²) in [5, 5.41) is 9.08. The maximum Gasteiger partial charge on any atom is 0.416 e. The highest BCUT2D eigenvalue weighted by Crippen LogP contribution is 2.42. The van der Waals surface area contributed by atoms with Gasteiger partial charge in [0.25, 0.3) is 0 Å². The van der Waals surface area contributed by atoms with Gasteiger partial charge in [-0.05, 0) is 42.0 Å². The number of carbonyl (C=O) groups excluding carboxylic acids is 1. The van der Waals surface area contributed by atoms with Crippen LogP contribution in [0.3, 0.4) is 0 Å². The summed E-state index contributed by atoms with van der Waals surface area (Å²) in [6.07, 6.45) is 0.165. The van der Waals surface area contributed by atoms with Gasteiger partial charge in [-0.3, -0.25) is 9.78 Å². The molecule has 154 valence electrons. The average molecular weight is 408 g/mol. The van der Waals surface area contributed by atoms with Gasteiger partial charge in [-0.1, -0.05) is 6.07 Å². The molecule has 1 aromatic heterocycles. The Hall–Kier alpha value is -2.48. The topological polar surface area (TPSA) is 53.4 Å². The lowest BCUT2D eigenvalue weighted by Crippen LogP contribution is -2.51. The zero-order chi connectivity index (χ0) is 20.8. The first-order chi connectivity index (χ1) is 13.8. The number of hydrogen-bond acceptors (Lipinski definition) is 3. The number of alkyl halides is 3. The maximum atomic E-state index is 14.5. The van der Waals surface area contributed by atoms with Crippen LogP contribution in [0.15, 0.2) is 30.6 Å². The number of carbonyl (C=O) groups is 1. The Morgan fingerprint density at radius 3 is 2.62 bits per heavy atom. The number of nitrogens with zero attached hydrogens (tertiary/aromatic N) is 2. The summed E-state index contributed by atoms with van der Waals surface area (Å²) in [6.45, 7) is 1.19.